The molecule has 9 nitrogen and oxygen atoms in total. The van der Waals surface area contributed by atoms with Gasteiger partial charge in [0.1, 0.15) is 5.92 Å². The van der Waals surface area contributed by atoms with Crippen LogP contribution in [0.15, 0.2) is 37.1 Å². The third kappa shape index (κ3) is 3.51. The molecule has 0 spiro atoms. The molecule has 1 saturated carbocycles. The maximum atomic E-state index is 13.2. The number of hydrogen-bond acceptors (Lipinski definition) is 6. The van der Waals surface area contributed by atoms with Gasteiger partial charge in [0.25, 0.3) is 5.92 Å². The number of nitrogens with zero attached hydrogens (tertiary/aromatic N) is 7. The Morgan fingerprint density at radius 1 is 1.27 bits per heavy atom. The summed E-state index contributed by atoms with van der Waals surface area (Å²) >= 11 is 0. The van der Waals surface area contributed by atoms with Crippen molar-refractivity contribution in [1.82, 2.24) is 34.4 Å². The molecule has 2 fully saturated rings. The van der Waals surface area contributed by atoms with Crippen molar-refractivity contribution in [1.29, 1.82) is 0 Å². The van der Waals surface area contributed by atoms with E-state index in [0.717, 1.165) is 11.3 Å². The molecule has 1 aliphatic carbocycles. The molecule has 5 rings (SSSR count). The molecule has 1 saturated heterocycles. The Morgan fingerprint density at radius 2 is 2.10 bits per heavy atom. The summed E-state index contributed by atoms with van der Waals surface area (Å²) in [5, 5.41) is 11.6. The van der Waals surface area contributed by atoms with Gasteiger partial charge in [-0.05, 0) is 12.5 Å². The van der Waals surface area contributed by atoms with E-state index in [1.807, 2.05) is 19.4 Å². The number of amides is 1. The molecule has 3 aromatic rings. The van der Waals surface area contributed by atoms with Crippen molar-refractivity contribution in [3.63, 3.8) is 0 Å². The highest BCUT2D eigenvalue weighted by atomic mass is 19.3. The highest BCUT2D eigenvalue weighted by Gasteiger charge is 2.62. The standard InChI is InChI=1S/C19H20F2N8O/c1-27-10-13(8-23-27)25-18-22-4-2-16(26-18)12-7-24-29(9-12)14-3-5-28(11-14)17(30)15-6-19(15,20)21/h2,4,7-10,14-15H,3,5-6,11H2,1H3,(H,22,25,26). The molecule has 0 aromatic carbocycles. The van der Waals surface area contributed by atoms with Gasteiger partial charge >= 0.3 is 0 Å². The normalized spacial score (nSPS) is 22.3. The lowest BCUT2D eigenvalue weighted by molar-refractivity contribution is -0.133. The molecular formula is C19H20F2N8O. The van der Waals surface area contributed by atoms with E-state index in [2.05, 4.69) is 25.5 Å². The predicted octanol–water partition coefficient (Wildman–Crippen LogP) is 2.25. The van der Waals surface area contributed by atoms with E-state index in [4.69, 9.17) is 0 Å². The van der Waals surface area contributed by atoms with Crippen LogP contribution >= 0.6 is 0 Å². The van der Waals surface area contributed by atoms with Crippen LogP contribution in [-0.4, -0.2) is 59.3 Å². The highest BCUT2D eigenvalue weighted by molar-refractivity contribution is 5.83. The lowest BCUT2D eigenvalue weighted by Crippen LogP contribution is -2.32. The fraction of sp³-hybridized carbons (Fsp3) is 0.421. The second-order valence-corrected chi connectivity index (χ2v) is 7.75. The average Bonchev–Trinajstić information content (AvgIpc) is 3.23. The number of hydrogen-bond donors (Lipinski definition) is 1. The molecule has 1 aliphatic heterocycles. The molecule has 4 heterocycles. The molecule has 30 heavy (non-hydrogen) atoms. The molecule has 2 aliphatic rings. The van der Waals surface area contributed by atoms with Crippen molar-refractivity contribution in [3.05, 3.63) is 37.1 Å². The van der Waals surface area contributed by atoms with Crippen molar-refractivity contribution in [3.8, 4) is 11.3 Å². The van der Waals surface area contributed by atoms with Gasteiger partial charge in [-0.25, -0.2) is 18.7 Å². The zero-order valence-electron chi connectivity index (χ0n) is 16.2. The molecule has 0 bridgehead atoms. The van der Waals surface area contributed by atoms with Crippen LogP contribution in [0.3, 0.4) is 0 Å². The van der Waals surface area contributed by atoms with Gasteiger partial charge in [-0.3, -0.25) is 14.2 Å². The van der Waals surface area contributed by atoms with E-state index in [1.165, 1.54) is 4.90 Å². The first kappa shape index (κ1) is 18.6. The summed E-state index contributed by atoms with van der Waals surface area (Å²) in [6.45, 7) is 0.863. The number of aromatic nitrogens is 6. The maximum Gasteiger partial charge on any atom is 0.260 e. The Morgan fingerprint density at radius 3 is 2.83 bits per heavy atom. The fourth-order valence-corrected chi connectivity index (χ4v) is 3.72. The third-order valence-electron chi connectivity index (χ3n) is 5.49. The van der Waals surface area contributed by atoms with E-state index < -0.39 is 17.7 Å². The van der Waals surface area contributed by atoms with Crippen LogP contribution in [0.5, 0.6) is 0 Å². The van der Waals surface area contributed by atoms with Crippen molar-refractivity contribution >= 4 is 17.5 Å². The monoisotopic (exact) mass is 414 g/mol. The number of carbonyl (C=O) groups excluding carboxylic acids is 1. The predicted molar refractivity (Wildman–Crippen MR) is 103 cm³/mol. The number of alkyl halides is 2. The second kappa shape index (κ2) is 6.85. The van der Waals surface area contributed by atoms with Gasteiger partial charge in [-0.1, -0.05) is 0 Å². The third-order valence-corrected chi connectivity index (χ3v) is 5.49. The molecular weight excluding hydrogens is 394 g/mol. The number of halogens is 2. The van der Waals surface area contributed by atoms with Crippen LogP contribution in [0.2, 0.25) is 0 Å². The van der Waals surface area contributed by atoms with Gasteiger partial charge in [0.05, 0.1) is 29.8 Å². The number of likely N-dealkylation sites (tertiary alicyclic amines) is 1. The molecule has 2 unspecified atom stereocenters. The molecule has 2 atom stereocenters. The Kier molecular flexibility index (Phi) is 4.26. The van der Waals surface area contributed by atoms with Crippen LogP contribution in [0.25, 0.3) is 11.3 Å². The van der Waals surface area contributed by atoms with Crippen molar-refractivity contribution < 1.29 is 13.6 Å². The van der Waals surface area contributed by atoms with E-state index in [9.17, 15) is 13.6 Å². The summed E-state index contributed by atoms with van der Waals surface area (Å²) in [5.74, 6) is -3.98. The fourth-order valence-electron chi connectivity index (χ4n) is 3.72. The smallest absolute Gasteiger partial charge is 0.260 e. The molecule has 0 radical (unpaired) electrons. The minimum Gasteiger partial charge on any atom is -0.340 e. The summed E-state index contributed by atoms with van der Waals surface area (Å²) in [7, 11) is 1.82. The van der Waals surface area contributed by atoms with Gasteiger partial charge in [-0.2, -0.15) is 10.2 Å². The molecule has 11 heteroatoms. The lowest BCUT2D eigenvalue weighted by Gasteiger charge is -2.16. The quantitative estimate of drug-likeness (QED) is 0.688. The molecule has 156 valence electrons. The number of nitrogens with one attached hydrogen (secondary N) is 1. The summed E-state index contributed by atoms with van der Waals surface area (Å²) in [4.78, 5) is 22.5. The number of carbonyl (C=O) groups is 1. The van der Waals surface area contributed by atoms with E-state index in [-0.39, 0.29) is 12.5 Å². The SMILES string of the molecule is Cn1cc(Nc2nccc(-c3cnn(C4CCN(C(=O)C5CC5(F)F)C4)c3)n2)cn1. The highest BCUT2D eigenvalue weighted by Crippen LogP contribution is 2.50. The van der Waals surface area contributed by atoms with Gasteiger partial charge in [0, 0.05) is 50.7 Å². The molecule has 3 aromatic heterocycles. The maximum absolute atomic E-state index is 13.2. The Labute approximate surface area is 170 Å². The number of anilines is 2. The first-order valence-electron chi connectivity index (χ1n) is 9.69. The summed E-state index contributed by atoms with van der Waals surface area (Å²) in [5.41, 5.74) is 2.29. The largest absolute Gasteiger partial charge is 0.340 e. The van der Waals surface area contributed by atoms with Gasteiger partial charge in [0.15, 0.2) is 0 Å². The van der Waals surface area contributed by atoms with E-state index in [1.54, 1.807) is 34.0 Å². The summed E-state index contributed by atoms with van der Waals surface area (Å²) in [6.07, 6.45) is 9.07. The zero-order valence-corrected chi connectivity index (χ0v) is 16.2. The summed E-state index contributed by atoms with van der Waals surface area (Å²) < 4.78 is 29.9. The van der Waals surface area contributed by atoms with E-state index in [0.29, 0.717) is 31.2 Å². The number of aryl methyl sites for hydroxylation is 1. The van der Waals surface area contributed by atoms with Gasteiger partial charge in [-0.15, -0.1) is 0 Å². The Bertz CT molecular complexity index is 1090. The topological polar surface area (TPSA) is 93.8 Å². The van der Waals surface area contributed by atoms with Crippen LogP contribution in [0, 0.1) is 5.92 Å². The van der Waals surface area contributed by atoms with Gasteiger partial charge in [0.2, 0.25) is 11.9 Å². The van der Waals surface area contributed by atoms with Crippen LogP contribution < -0.4 is 5.32 Å². The van der Waals surface area contributed by atoms with Crippen molar-refractivity contribution in [2.75, 3.05) is 18.4 Å². The Balaban J connectivity index is 1.27. The zero-order chi connectivity index (χ0) is 20.9. The van der Waals surface area contributed by atoms with Crippen LogP contribution in [-0.2, 0) is 11.8 Å². The second-order valence-electron chi connectivity index (χ2n) is 7.75. The summed E-state index contributed by atoms with van der Waals surface area (Å²) in [6, 6.07) is 1.75. The average molecular weight is 414 g/mol. The first-order valence-corrected chi connectivity index (χ1v) is 9.69. The molecule has 1 N–H and O–H groups in total. The van der Waals surface area contributed by atoms with Gasteiger partial charge < -0.3 is 10.2 Å². The van der Waals surface area contributed by atoms with E-state index >= 15 is 0 Å². The van der Waals surface area contributed by atoms with Crippen molar-refractivity contribution in [2.45, 2.75) is 24.8 Å². The first-order chi connectivity index (χ1) is 14.4. The van der Waals surface area contributed by atoms with Crippen LogP contribution in [0.4, 0.5) is 20.4 Å². The molecule has 1 amide bonds. The minimum absolute atomic E-state index is 0.0371. The van der Waals surface area contributed by atoms with Crippen molar-refractivity contribution in [2.24, 2.45) is 13.0 Å². The number of rotatable bonds is 5. The Hall–Kier alpha value is -3.37. The lowest BCUT2D eigenvalue weighted by atomic mass is 10.2. The minimum atomic E-state index is -2.83. The van der Waals surface area contributed by atoms with Crippen LogP contribution in [0.1, 0.15) is 18.9 Å².